The number of rotatable bonds is 5. The van der Waals surface area contributed by atoms with Gasteiger partial charge in [-0.25, -0.2) is 13.1 Å². The van der Waals surface area contributed by atoms with Crippen LogP contribution in [-0.4, -0.2) is 28.2 Å². The van der Waals surface area contributed by atoms with Crippen LogP contribution in [-0.2, 0) is 21.3 Å². The monoisotopic (exact) mass is 304 g/mol. The molecule has 7 heteroatoms. The standard InChI is InChI=1S/C12H20N2O3S2/c1-9-12(5-11(6-13)18-9)19(15,16)14-7-10-3-2-4-17-8-10/h5,10,14H,2-4,6-8,13H2,1H3. The van der Waals surface area contributed by atoms with Gasteiger partial charge in [0.15, 0.2) is 0 Å². The fourth-order valence-electron chi connectivity index (χ4n) is 2.17. The molecule has 0 amide bonds. The zero-order valence-electron chi connectivity index (χ0n) is 11.0. The van der Waals surface area contributed by atoms with Gasteiger partial charge in [-0.1, -0.05) is 0 Å². The third kappa shape index (κ3) is 3.76. The third-order valence-electron chi connectivity index (χ3n) is 3.23. The fourth-order valence-corrected chi connectivity index (χ4v) is 4.79. The van der Waals surface area contributed by atoms with Crippen LogP contribution in [0.4, 0.5) is 0 Å². The largest absolute Gasteiger partial charge is 0.381 e. The molecule has 0 bridgehead atoms. The summed E-state index contributed by atoms with van der Waals surface area (Å²) in [6, 6.07) is 1.67. The van der Waals surface area contributed by atoms with Gasteiger partial charge in [0.1, 0.15) is 0 Å². The first-order valence-electron chi connectivity index (χ1n) is 6.39. The number of ether oxygens (including phenoxy) is 1. The van der Waals surface area contributed by atoms with E-state index in [-0.39, 0.29) is 5.92 Å². The van der Waals surface area contributed by atoms with Gasteiger partial charge >= 0.3 is 0 Å². The van der Waals surface area contributed by atoms with E-state index in [1.54, 1.807) is 6.07 Å². The number of aryl methyl sites for hydroxylation is 1. The topological polar surface area (TPSA) is 81.4 Å². The van der Waals surface area contributed by atoms with E-state index < -0.39 is 10.0 Å². The minimum Gasteiger partial charge on any atom is -0.381 e. The maximum Gasteiger partial charge on any atom is 0.241 e. The summed E-state index contributed by atoms with van der Waals surface area (Å²) in [5.41, 5.74) is 5.54. The SMILES string of the molecule is Cc1sc(CN)cc1S(=O)(=O)NCC1CCCOC1. The molecule has 1 aliphatic rings. The number of sulfonamides is 1. The Morgan fingerprint density at radius 1 is 1.58 bits per heavy atom. The number of nitrogens with one attached hydrogen (secondary N) is 1. The summed E-state index contributed by atoms with van der Waals surface area (Å²) < 4.78 is 32.5. The summed E-state index contributed by atoms with van der Waals surface area (Å²) in [5.74, 6) is 0.274. The highest BCUT2D eigenvalue weighted by molar-refractivity contribution is 7.89. The molecule has 108 valence electrons. The molecule has 1 atom stereocenters. The lowest BCUT2D eigenvalue weighted by molar-refractivity contribution is 0.0568. The number of nitrogens with two attached hydrogens (primary N) is 1. The summed E-state index contributed by atoms with van der Waals surface area (Å²) in [5, 5.41) is 0. The number of hydrogen-bond acceptors (Lipinski definition) is 5. The Balaban J connectivity index is 2.02. The summed E-state index contributed by atoms with van der Waals surface area (Å²) in [6.45, 7) is 4.04. The molecular weight excluding hydrogens is 284 g/mol. The Labute approximate surface area is 118 Å². The van der Waals surface area contributed by atoms with Gasteiger partial charge in [-0.2, -0.15) is 0 Å². The van der Waals surface area contributed by atoms with Crippen molar-refractivity contribution in [3.8, 4) is 0 Å². The molecule has 0 spiro atoms. The van der Waals surface area contributed by atoms with Crippen molar-refractivity contribution >= 4 is 21.4 Å². The molecular formula is C12H20N2O3S2. The summed E-state index contributed by atoms with van der Waals surface area (Å²) >= 11 is 1.43. The van der Waals surface area contributed by atoms with Crippen molar-refractivity contribution in [2.75, 3.05) is 19.8 Å². The van der Waals surface area contributed by atoms with E-state index in [1.807, 2.05) is 6.92 Å². The highest BCUT2D eigenvalue weighted by atomic mass is 32.2. The van der Waals surface area contributed by atoms with E-state index in [4.69, 9.17) is 10.5 Å². The highest BCUT2D eigenvalue weighted by Crippen LogP contribution is 2.25. The molecule has 2 rings (SSSR count). The van der Waals surface area contributed by atoms with Crippen molar-refractivity contribution in [3.05, 3.63) is 15.8 Å². The molecule has 3 N–H and O–H groups in total. The second kappa shape index (κ2) is 6.32. The van der Waals surface area contributed by atoms with Gasteiger partial charge in [0.2, 0.25) is 10.0 Å². The van der Waals surface area contributed by atoms with Gasteiger partial charge in [0, 0.05) is 29.5 Å². The van der Waals surface area contributed by atoms with Gasteiger partial charge in [-0.15, -0.1) is 11.3 Å². The first-order valence-corrected chi connectivity index (χ1v) is 8.69. The summed E-state index contributed by atoms with van der Waals surface area (Å²) in [6.07, 6.45) is 2.01. The molecule has 0 saturated carbocycles. The van der Waals surface area contributed by atoms with Crippen LogP contribution in [0.3, 0.4) is 0 Å². The van der Waals surface area contributed by atoms with Crippen LogP contribution in [0.5, 0.6) is 0 Å². The molecule has 1 aromatic heterocycles. The predicted molar refractivity (Wildman–Crippen MR) is 75.7 cm³/mol. The first-order chi connectivity index (χ1) is 9.03. The van der Waals surface area contributed by atoms with Gasteiger partial charge in [0.05, 0.1) is 11.5 Å². The first kappa shape index (κ1) is 14.9. The zero-order chi connectivity index (χ0) is 13.9. The average molecular weight is 304 g/mol. The van der Waals surface area contributed by atoms with Crippen LogP contribution in [0.2, 0.25) is 0 Å². The molecule has 1 saturated heterocycles. The minimum atomic E-state index is -3.43. The quantitative estimate of drug-likeness (QED) is 0.857. The molecule has 1 unspecified atom stereocenters. The predicted octanol–water partition coefficient (Wildman–Crippen LogP) is 1.22. The van der Waals surface area contributed by atoms with Crippen molar-refractivity contribution in [1.29, 1.82) is 0 Å². The van der Waals surface area contributed by atoms with Gasteiger partial charge < -0.3 is 10.5 Å². The van der Waals surface area contributed by atoms with Crippen LogP contribution < -0.4 is 10.5 Å². The molecule has 1 aliphatic heterocycles. The van der Waals surface area contributed by atoms with Crippen molar-refractivity contribution in [1.82, 2.24) is 4.72 Å². The Morgan fingerprint density at radius 2 is 2.37 bits per heavy atom. The Hall–Kier alpha value is -0.470. The van der Waals surface area contributed by atoms with E-state index in [1.165, 1.54) is 11.3 Å². The average Bonchev–Trinajstić information content (AvgIpc) is 2.80. The number of thiophene rings is 1. The maximum absolute atomic E-state index is 12.2. The smallest absolute Gasteiger partial charge is 0.241 e. The minimum absolute atomic E-state index is 0.274. The second-order valence-electron chi connectivity index (χ2n) is 4.77. The van der Waals surface area contributed by atoms with Crippen molar-refractivity contribution in [2.24, 2.45) is 11.7 Å². The van der Waals surface area contributed by atoms with Crippen LogP contribution in [0.15, 0.2) is 11.0 Å². The fraction of sp³-hybridized carbons (Fsp3) is 0.667. The van der Waals surface area contributed by atoms with Crippen molar-refractivity contribution in [3.63, 3.8) is 0 Å². The molecule has 19 heavy (non-hydrogen) atoms. The Bertz CT molecular complexity index is 519. The normalized spacial score (nSPS) is 20.6. The maximum atomic E-state index is 12.2. The lowest BCUT2D eigenvalue weighted by Gasteiger charge is -2.22. The Kier molecular flexibility index (Phi) is 4.97. The summed E-state index contributed by atoms with van der Waals surface area (Å²) in [4.78, 5) is 2.03. The van der Waals surface area contributed by atoms with E-state index in [0.717, 1.165) is 29.2 Å². The van der Waals surface area contributed by atoms with Gasteiger partial charge in [-0.05, 0) is 31.7 Å². The van der Waals surface area contributed by atoms with E-state index in [2.05, 4.69) is 4.72 Å². The lowest BCUT2D eigenvalue weighted by Crippen LogP contribution is -2.33. The van der Waals surface area contributed by atoms with Gasteiger partial charge in [-0.3, -0.25) is 0 Å². The van der Waals surface area contributed by atoms with E-state index in [0.29, 0.717) is 24.6 Å². The second-order valence-corrected chi connectivity index (χ2v) is 7.85. The van der Waals surface area contributed by atoms with Crippen LogP contribution in [0.25, 0.3) is 0 Å². The van der Waals surface area contributed by atoms with Crippen LogP contribution in [0.1, 0.15) is 22.6 Å². The van der Waals surface area contributed by atoms with Crippen molar-refractivity contribution in [2.45, 2.75) is 31.2 Å². The number of hydrogen-bond donors (Lipinski definition) is 2. The molecule has 1 fully saturated rings. The van der Waals surface area contributed by atoms with E-state index >= 15 is 0 Å². The summed E-state index contributed by atoms with van der Waals surface area (Å²) in [7, 11) is -3.43. The van der Waals surface area contributed by atoms with Gasteiger partial charge in [0.25, 0.3) is 0 Å². The molecule has 0 aromatic carbocycles. The molecule has 5 nitrogen and oxygen atoms in total. The van der Waals surface area contributed by atoms with Crippen LogP contribution >= 0.6 is 11.3 Å². The lowest BCUT2D eigenvalue weighted by atomic mass is 10.0. The zero-order valence-corrected chi connectivity index (χ0v) is 12.6. The molecule has 0 radical (unpaired) electrons. The van der Waals surface area contributed by atoms with Crippen LogP contribution in [0, 0.1) is 12.8 Å². The highest BCUT2D eigenvalue weighted by Gasteiger charge is 2.22. The van der Waals surface area contributed by atoms with Crippen molar-refractivity contribution < 1.29 is 13.2 Å². The van der Waals surface area contributed by atoms with E-state index in [9.17, 15) is 8.42 Å². The third-order valence-corrected chi connectivity index (χ3v) is 5.98. The molecule has 1 aromatic rings. The molecule has 2 heterocycles. The Morgan fingerprint density at radius 3 is 2.95 bits per heavy atom. The molecule has 0 aliphatic carbocycles.